The van der Waals surface area contributed by atoms with E-state index in [1.807, 2.05) is 0 Å². The Labute approximate surface area is 281 Å². The molecule has 0 N–H and O–H groups in total. The van der Waals surface area contributed by atoms with Crippen LogP contribution in [0.15, 0.2) is 212 Å². The number of hydrogen-bond acceptors (Lipinski definition) is 2. The van der Waals surface area contributed by atoms with E-state index in [1.54, 1.807) is 0 Å². The monoisotopic (exact) mass is 656 g/mol. The van der Waals surface area contributed by atoms with E-state index in [1.165, 1.54) is 25.9 Å². The zero-order valence-electron chi connectivity index (χ0n) is 26.1. The molecule has 2 nitrogen and oxygen atoms in total. The molecule has 0 saturated carbocycles. The van der Waals surface area contributed by atoms with Crippen molar-refractivity contribution in [2.24, 2.45) is 0 Å². The van der Waals surface area contributed by atoms with Crippen molar-refractivity contribution in [2.45, 2.75) is 0 Å². The van der Waals surface area contributed by atoms with Crippen LogP contribution in [0.3, 0.4) is 0 Å². The lowest BCUT2D eigenvalue weighted by Crippen LogP contribution is -2.79. The zero-order chi connectivity index (χ0) is 31.8. The first-order valence-corrected chi connectivity index (χ1v) is 21.4. The summed E-state index contributed by atoms with van der Waals surface area (Å²) in [5, 5.41) is 8.17. The van der Waals surface area contributed by atoms with Crippen LogP contribution >= 0.6 is 0 Å². The molecule has 228 valence electrons. The van der Waals surface area contributed by atoms with Crippen molar-refractivity contribution in [3.63, 3.8) is 0 Å². The Hall–Kier alpha value is -4.89. The average molecular weight is 657 g/mol. The standard InChI is InChI=1S/C42H36O2Si3/c1-8-22-36(23-9-1)45(37-24-10-2-11-25-37)43-47(41-32-18-6-19-33-41,42-34-20-7-21-35-42)44-46(38-26-12-3-13-27-38,39-28-14-4-15-29-39)40-30-16-5-17-31-40/h1-35,45H. The van der Waals surface area contributed by atoms with Crippen LogP contribution in [0.5, 0.6) is 0 Å². The lowest BCUT2D eigenvalue weighted by atomic mass is 10.3. The smallest absolute Gasteiger partial charge is 0.387 e. The normalized spacial score (nSPS) is 11.8. The molecule has 7 aromatic carbocycles. The van der Waals surface area contributed by atoms with Crippen molar-refractivity contribution >= 4 is 62.2 Å². The van der Waals surface area contributed by atoms with Gasteiger partial charge >= 0.3 is 8.56 Å². The van der Waals surface area contributed by atoms with Gasteiger partial charge in [0, 0.05) is 0 Å². The van der Waals surface area contributed by atoms with Gasteiger partial charge in [0.05, 0.1) is 0 Å². The highest BCUT2D eigenvalue weighted by atomic mass is 28.5. The molecule has 0 aliphatic rings. The van der Waals surface area contributed by atoms with E-state index < -0.39 is 25.9 Å². The van der Waals surface area contributed by atoms with Gasteiger partial charge in [-0.05, 0) is 36.3 Å². The lowest BCUT2D eigenvalue weighted by Gasteiger charge is -2.44. The second kappa shape index (κ2) is 14.3. The molecule has 5 heteroatoms. The maximum atomic E-state index is 8.32. The molecule has 47 heavy (non-hydrogen) atoms. The molecule has 0 amide bonds. The summed E-state index contributed by atoms with van der Waals surface area (Å²) >= 11 is 0. The van der Waals surface area contributed by atoms with E-state index in [-0.39, 0.29) is 0 Å². The fraction of sp³-hybridized carbons (Fsp3) is 0. The van der Waals surface area contributed by atoms with Crippen LogP contribution in [0.25, 0.3) is 0 Å². The SMILES string of the molecule is c1ccc([SiH](O[Si](O[Si](c2ccccc2)(c2ccccc2)c2ccccc2)(c2ccccc2)c2ccccc2)c2ccccc2)cc1. The van der Waals surface area contributed by atoms with E-state index in [4.69, 9.17) is 8.23 Å². The zero-order valence-corrected chi connectivity index (χ0v) is 29.3. The quantitative estimate of drug-likeness (QED) is 0.151. The van der Waals surface area contributed by atoms with Crippen molar-refractivity contribution in [3.05, 3.63) is 212 Å². The lowest BCUT2D eigenvalue weighted by molar-refractivity contribution is 0.436. The van der Waals surface area contributed by atoms with Gasteiger partial charge in [-0.25, -0.2) is 0 Å². The molecular weight excluding hydrogens is 621 g/mol. The first-order valence-electron chi connectivity index (χ1n) is 16.1. The van der Waals surface area contributed by atoms with Crippen LogP contribution in [0.1, 0.15) is 0 Å². The number of benzene rings is 7. The molecule has 0 saturated heterocycles. The summed E-state index contributed by atoms with van der Waals surface area (Å²) in [6.07, 6.45) is 0. The molecule has 0 atom stereocenters. The summed E-state index contributed by atoms with van der Waals surface area (Å²) in [5.74, 6) is 0. The molecule has 0 fully saturated rings. The third-order valence-electron chi connectivity index (χ3n) is 8.63. The molecule has 0 aliphatic carbocycles. The van der Waals surface area contributed by atoms with Gasteiger partial charge in [-0.2, -0.15) is 0 Å². The maximum absolute atomic E-state index is 8.32. The fourth-order valence-corrected chi connectivity index (χ4v) is 20.7. The topological polar surface area (TPSA) is 18.5 Å². The Balaban J connectivity index is 1.57. The predicted octanol–water partition coefficient (Wildman–Crippen LogP) is 4.48. The van der Waals surface area contributed by atoms with E-state index >= 15 is 0 Å². The van der Waals surface area contributed by atoms with Crippen LogP contribution in [0.4, 0.5) is 0 Å². The van der Waals surface area contributed by atoms with Gasteiger partial charge in [0.1, 0.15) is 0 Å². The van der Waals surface area contributed by atoms with Gasteiger partial charge in [0.2, 0.25) is 9.04 Å². The molecule has 7 aromatic rings. The van der Waals surface area contributed by atoms with Crippen LogP contribution < -0.4 is 36.3 Å². The van der Waals surface area contributed by atoms with Crippen molar-refractivity contribution in [3.8, 4) is 0 Å². The second-order valence-corrected chi connectivity index (χ2v) is 20.9. The predicted molar refractivity (Wildman–Crippen MR) is 203 cm³/mol. The minimum Gasteiger partial charge on any atom is -0.424 e. The van der Waals surface area contributed by atoms with Crippen LogP contribution in [-0.4, -0.2) is 25.9 Å². The molecule has 0 spiro atoms. The van der Waals surface area contributed by atoms with Gasteiger partial charge in [0.15, 0.2) is 0 Å². The third-order valence-corrected chi connectivity index (χ3v) is 20.9. The van der Waals surface area contributed by atoms with Gasteiger partial charge in [0.25, 0.3) is 8.32 Å². The minimum atomic E-state index is -3.54. The molecule has 0 unspecified atom stereocenters. The Morgan fingerprint density at radius 2 is 0.553 bits per heavy atom. The molecule has 0 aromatic heterocycles. The van der Waals surface area contributed by atoms with Gasteiger partial charge < -0.3 is 8.23 Å². The summed E-state index contributed by atoms with van der Waals surface area (Å²) in [6.45, 7) is 0. The van der Waals surface area contributed by atoms with Gasteiger partial charge in [-0.3, -0.25) is 0 Å². The van der Waals surface area contributed by atoms with E-state index in [9.17, 15) is 0 Å². The van der Waals surface area contributed by atoms with E-state index in [0.29, 0.717) is 0 Å². The van der Waals surface area contributed by atoms with Crippen LogP contribution in [-0.2, 0) is 8.23 Å². The van der Waals surface area contributed by atoms with Crippen LogP contribution in [0, 0.1) is 0 Å². The Morgan fingerprint density at radius 3 is 0.851 bits per heavy atom. The van der Waals surface area contributed by atoms with Crippen molar-refractivity contribution in [1.82, 2.24) is 0 Å². The fourth-order valence-electron chi connectivity index (χ4n) is 6.42. The largest absolute Gasteiger partial charge is 0.424 e. The van der Waals surface area contributed by atoms with Crippen LogP contribution in [0.2, 0.25) is 0 Å². The molecule has 0 heterocycles. The highest BCUT2D eigenvalue weighted by molar-refractivity contribution is 7.14. The summed E-state index contributed by atoms with van der Waals surface area (Å²) in [5.41, 5.74) is 0. The maximum Gasteiger partial charge on any atom is 0.387 e. The molecule has 0 bridgehead atoms. The molecule has 7 rings (SSSR count). The van der Waals surface area contributed by atoms with E-state index in [2.05, 4.69) is 212 Å². The Bertz CT molecular complexity index is 1790. The molecular formula is C42H36O2Si3. The van der Waals surface area contributed by atoms with Gasteiger partial charge in [-0.1, -0.05) is 212 Å². The average Bonchev–Trinajstić information content (AvgIpc) is 3.18. The highest BCUT2D eigenvalue weighted by Gasteiger charge is 2.54. The van der Waals surface area contributed by atoms with E-state index in [0.717, 1.165) is 10.4 Å². The highest BCUT2D eigenvalue weighted by Crippen LogP contribution is 2.20. The number of rotatable bonds is 11. The summed E-state index contributed by atoms with van der Waals surface area (Å²) < 4.78 is 16.3. The Morgan fingerprint density at radius 1 is 0.298 bits per heavy atom. The Kier molecular flexibility index (Phi) is 9.33. The van der Waals surface area contributed by atoms with Crippen molar-refractivity contribution in [1.29, 1.82) is 0 Å². The third kappa shape index (κ3) is 6.27. The molecule has 0 aliphatic heterocycles. The second-order valence-electron chi connectivity index (χ2n) is 11.5. The molecule has 0 radical (unpaired) electrons. The summed E-state index contributed by atoms with van der Waals surface area (Å²) in [6, 6.07) is 75.4. The number of hydrogen-bond donors (Lipinski definition) is 0. The summed E-state index contributed by atoms with van der Waals surface area (Å²) in [7, 11) is -9.10. The minimum absolute atomic E-state index is 1.09. The van der Waals surface area contributed by atoms with Gasteiger partial charge in [-0.15, -0.1) is 0 Å². The first kappa shape index (κ1) is 30.7. The summed E-state index contributed by atoms with van der Waals surface area (Å²) in [4.78, 5) is 0. The first-order chi connectivity index (χ1) is 23.3. The van der Waals surface area contributed by atoms with Crippen molar-refractivity contribution in [2.75, 3.05) is 0 Å². The van der Waals surface area contributed by atoms with Crippen molar-refractivity contribution < 1.29 is 8.23 Å².